The van der Waals surface area contributed by atoms with Gasteiger partial charge < -0.3 is 4.90 Å². The minimum Gasteiger partial charge on any atom is -0.345 e. The Balaban J connectivity index is 1.47. The van der Waals surface area contributed by atoms with Crippen LogP contribution < -0.4 is 4.90 Å². The van der Waals surface area contributed by atoms with Crippen molar-refractivity contribution < 1.29 is 0 Å². The number of rotatable bonds is 3. The number of allylic oxidation sites excluding steroid dienone is 4. The van der Waals surface area contributed by atoms with Gasteiger partial charge >= 0.3 is 0 Å². The molecular weight excluding hydrogens is 350 g/mol. The van der Waals surface area contributed by atoms with E-state index in [1.54, 1.807) is 5.57 Å². The molecule has 29 heavy (non-hydrogen) atoms. The topological polar surface area (TPSA) is 3.24 Å². The molecule has 1 heteroatoms. The fourth-order valence-electron chi connectivity index (χ4n) is 4.88. The first-order valence-electron chi connectivity index (χ1n) is 10.5. The highest BCUT2D eigenvalue weighted by atomic mass is 15.1. The second kappa shape index (κ2) is 6.77. The summed E-state index contributed by atoms with van der Waals surface area (Å²) in [6.45, 7) is 4.77. The van der Waals surface area contributed by atoms with E-state index in [2.05, 4.69) is 111 Å². The first-order chi connectivity index (χ1) is 14.1. The highest BCUT2D eigenvalue weighted by Gasteiger charge is 2.37. The van der Waals surface area contributed by atoms with Crippen LogP contribution in [0.3, 0.4) is 0 Å². The maximum atomic E-state index is 2.41. The molecule has 0 fully saturated rings. The van der Waals surface area contributed by atoms with Crippen LogP contribution in [-0.4, -0.2) is 7.05 Å². The number of hydrogen-bond donors (Lipinski definition) is 0. The second-order valence-corrected chi connectivity index (χ2v) is 8.66. The predicted octanol–water partition coefficient (Wildman–Crippen LogP) is 7.52. The molecule has 2 aliphatic rings. The lowest BCUT2D eigenvalue weighted by Crippen LogP contribution is -2.17. The lowest BCUT2D eigenvalue weighted by Gasteiger charge is -2.26. The molecule has 144 valence electrons. The summed E-state index contributed by atoms with van der Waals surface area (Å²) in [7, 11) is 2.12. The van der Waals surface area contributed by atoms with Crippen molar-refractivity contribution in [2.45, 2.75) is 32.1 Å². The second-order valence-electron chi connectivity index (χ2n) is 8.66. The third kappa shape index (κ3) is 2.93. The SMILES string of the molecule is CN(c1ccccc1)c1ccc(-c2ccc3c(c2)C(C)(C)C2=C3C=CCC2)cc1. The van der Waals surface area contributed by atoms with Crippen molar-refractivity contribution in [3.8, 4) is 11.1 Å². The van der Waals surface area contributed by atoms with E-state index in [-0.39, 0.29) is 5.41 Å². The molecule has 3 aromatic carbocycles. The summed E-state index contributed by atoms with van der Waals surface area (Å²) in [6.07, 6.45) is 7.00. The van der Waals surface area contributed by atoms with Gasteiger partial charge in [0.05, 0.1) is 0 Å². The van der Waals surface area contributed by atoms with Gasteiger partial charge in [-0.3, -0.25) is 0 Å². The molecule has 0 unspecified atom stereocenters. The Kier molecular flexibility index (Phi) is 4.20. The van der Waals surface area contributed by atoms with Crippen molar-refractivity contribution in [2.24, 2.45) is 0 Å². The predicted molar refractivity (Wildman–Crippen MR) is 125 cm³/mol. The maximum Gasteiger partial charge on any atom is 0.0408 e. The summed E-state index contributed by atoms with van der Waals surface area (Å²) in [5.74, 6) is 0. The Bertz CT molecular complexity index is 1110. The summed E-state index contributed by atoms with van der Waals surface area (Å²) in [4.78, 5) is 2.22. The van der Waals surface area contributed by atoms with Crippen LogP contribution in [0.15, 0.2) is 90.5 Å². The monoisotopic (exact) mass is 377 g/mol. The van der Waals surface area contributed by atoms with E-state index in [1.807, 2.05) is 0 Å². The van der Waals surface area contributed by atoms with Gasteiger partial charge in [0, 0.05) is 23.8 Å². The smallest absolute Gasteiger partial charge is 0.0408 e. The standard InChI is InChI=1S/C28H27N/c1-28(2)26-12-8-7-11-24(26)25-18-15-21(19-27(25)28)20-13-16-23(17-14-20)29(3)22-9-5-4-6-10-22/h4-7,9-11,13-19H,8,12H2,1-3H3. The lowest BCUT2D eigenvalue weighted by molar-refractivity contribution is 0.607. The molecule has 0 spiro atoms. The zero-order chi connectivity index (χ0) is 20.0. The summed E-state index contributed by atoms with van der Waals surface area (Å²) in [5, 5.41) is 0. The number of nitrogens with zero attached hydrogens (tertiary/aromatic N) is 1. The molecule has 0 heterocycles. The molecule has 5 rings (SSSR count). The molecule has 0 amide bonds. The molecule has 0 radical (unpaired) electrons. The number of para-hydroxylation sites is 1. The summed E-state index contributed by atoms with van der Waals surface area (Å²) in [5.41, 5.74) is 11.0. The lowest BCUT2D eigenvalue weighted by atomic mass is 9.78. The minimum atomic E-state index is 0.124. The third-order valence-electron chi connectivity index (χ3n) is 6.64. The Hall–Kier alpha value is -3.06. The molecule has 0 saturated carbocycles. The summed E-state index contributed by atoms with van der Waals surface area (Å²) >= 11 is 0. The fourth-order valence-corrected chi connectivity index (χ4v) is 4.88. The molecule has 0 atom stereocenters. The Labute approximate surface area is 174 Å². The van der Waals surface area contributed by atoms with E-state index in [9.17, 15) is 0 Å². The Morgan fingerprint density at radius 2 is 1.48 bits per heavy atom. The number of benzene rings is 3. The van der Waals surface area contributed by atoms with Crippen LogP contribution >= 0.6 is 0 Å². The van der Waals surface area contributed by atoms with Crippen molar-refractivity contribution in [3.63, 3.8) is 0 Å². The zero-order valence-electron chi connectivity index (χ0n) is 17.4. The van der Waals surface area contributed by atoms with Gasteiger partial charge in [0.1, 0.15) is 0 Å². The van der Waals surface area contributed by atoms with Gasteiger partial charge in [-0.1, -0.05) is 74.0 Å². The van der Waals surface area contributed by atoms with Crippen LogP contribution in [0.2, 0.25) is 0 Å². The minimum absolute atomic E-state index is 0.124. The molecule has 1 nitrogen and oxygen atoms in total. The maximum absolute atomic E-state index is 2.41. The van der Waals surface area contributed by atoms with Gasteiger partial charge in [-0.25, -0.2) is 0 Å². The quantitative estimate of drug-likeness (QED) is 0.456. The van der Waals surface area contributed by atoms with Crippen LogP contribution in [0.5, 0.6) is 0 Å². The van der Waals surface area contributed by atoms with Crippen molar-refractivity contribution in [2.75, 3.05) is 11.9 Å². The van der Waals surface area contributed by atoms with Crippen LogP contribution in [-0.2, 0) is 5.41 Å². The highest BCUT2D eigenvalue weighted by Crippen LogP contribution is 2.50. The number of hydrogen-bond acceptors (Lipinski definition) is 1. The molecule has 0 aromatic heterocycles. The van der Waals surface area contributed by atoms with Crippen LogP contribution in [0.1, 0.15) is 37.8 Å². The summed E-state index contributed by atoms with van der Waals surface area (Å²) < 4.78 is 0. The Morgan fingerprint density at radius 1 is 0.793 bits per heavy atom. The Morgan fingerprint density at radius 3 is 2.24 bits per heavy atom. The molecule has 3 aromatic rings. The molecular formula is C28H27N. The average molecular weight is 378 g/mol. The van der Waals surface area contributed by atoms with Crippen molar-refractivity contribution in [3.05, 3.63) is 102 Å². The molecule has 2 aliphatic carbocycles. The van der Waals surface area contributed by atoms with Crippen molar-refractivity contribution >= 4 is 16.9 Å². The van der Waals surface area contributed by atoms with Crippen molar-refractivity contribution in [1.82, 2.24) is 0 Å². The van der Waals surface area contributed by atoms with E-state index >= 15 is 0 Å². The van der Waals surface area contributed by atoms with E-state index in [0.717, 1.165) is 0 Å². The van der Waals surface area contributed by atoms with Gasteiger partial charge in [0.2, 0.25) is 0 Å². The zero-order valence-corrected chi connectivity index (χ0v) is 17.4. The van der Waals surface area contributed by atoms with Crippen LogP contribution in [0.25, 0.3) is 16.7 Å². The highest BCUT2D eigenvalue weighted by molar-refractivity contribution is 5.88. The van der Waals surface area contributed by atoms with Gasteiger partial charge in [-0.05, 0) is 71.0 Å². The van der Waals surface area contributed by atoms with Gasteiger partial charge in [-0.2, -0.15) is 0 Å². The van der Waals surface area contributed by atoms with E-state index in [1.165, 1.54) is 52.0 Å². The van der Waals surface area contributed by atoms with Crippen LogP contribution in [0.4, 0.5) is 11.4 Å². The number of fused-ring (bicyclic) bond motifs is 2. The summed E-state index contributed by atoms with van der Waals surface area (Å²) in [6, 6.07) is 26.4. The van der Waals surface area contributed by atoms with E-state index < -0.39 is 0 Å². The number of anilines is 2. The van der Waals surface area contributed by atoms with E-state index in [4.69, 9.17) is 0 Å². The van der Waals surface area contributed by atoms with Crippen LogP contribution in [0, 0.1) is 0 Å². The molecule has 0 N–H and O–H groups in total. The van der Waals surface area contributed by atoms with Crippen molar-refractivity contribution in [1.29, 1.82) is 0 Å². The van der Waals surface area contributed by atoms with Gasteiger partial charge in [0.25, 0.3) is 0 Å². The van der Waals surface area contributed by atoms with Gasteiger partial charge in [-0.15, -0.1) is 0 Å². The normalized spacial score (nSPS) is 16.5. The molecule has 0 aliphatic heterocycles. The first-order valence-corrected chi connectivity index (χ1v) is 10.5. The largest absolute Gasteiger partial charge is 0.345 e. The molecule has 0 saturated heterocycles. The fraction of sp³-hybridized carbons (Fsp3) is 0.214. The first kappa shape index (κ1) is 18.0. The molecule has 0 bridgehead atoms. The average Bonchev–Trinajstić information content (AvgIpc) is 3.01. The third-order valence-corrected chi connectivity index (χ3v) is 6.64. The van der Waals surface area contributed by atoms with E-state index in [0.29, 0.717) is 0 Å². The van der Waals surface area contributed by atoms with Gasteiger partial charge in [0.15, 0.2) is 0 Å².